The maximum atomic E-state index is 12.9. The second-order valence-electron chi connectivity index (χ2n) is 3.75. The standard InChI is InChI=1S/C11H10F2N2O3S/c12-9-3-1-7(5-10(9)13)15-6-8-2-4-11(18-8)19(14,16)17/h1-5,15H,6H2,(H2,14,16,17). The Hall–Kier alpha value is -1.93. The molecule has 1 aromatic heterocycles. The molecule has 0 saturated heterocycles. The third-order valence-electron chi connectivity index (χ3n) is 2.30. The van der Waals surface area contributed by atoms with Crippen LogP contribution < -0.4 is 10.5 Å². The summed E-state index contributed by atoms with van der Waals surface area (Å²) in [6.45, 7) is 0.112. The third kappa shape index (κ3) is 3.30. The van der Waals surface area contributed by atoms with Crippen LogP contribution in [-0.4, -0.2) is 8.42 Å². The fraction of sp³-hybridized carbons (Fsp3) is 0.0909. The largest absolute Gasteiger partial charge is 0.446 e. The van der Waals surface area contributed by atoms with E-state index in [1.807, 2.05) is 0 Å². The molecule has 8 heteroatoms. The Balaban J connectivity index is 2.06. The lowest BCUT2D eigenvalue weighted by molar-refractivity contribution is 0.419. The van der Waals surface area contributed by atoms with E-state index in [2.05, 4.69) is 5.32 Å². The second kappa shape index (κ2) is 4.98. The molecule has 3 N–H and O–H groups in total. The van der Waals surface area contributed by atoms with Gasteiger partial charge in [0.25, 0.3) is 10.0 Å². The van der Waals surface area contributed by atoms with Gasteiger partial charge in [-0.1, -0.05) is 0 Å². The summed E-state index contributed by atoms with van der Waals surface area (Å²) in [5, 5.41) is 7.29. The lowest BCUT2D eigenvalue weighted by Crippen LogP contribution is -2.10. The van der Waals surface area contributed by atoms with Crippen LogP contribution in [0.25, 0.3) is 0 Å². The molecule has 5 nitrogen and oxygen atoms in total. The fourth-order valence-corrected chi connectivity index (χ4v) is 1.88. The molecule has 0 saturated carbocycles. The summed E-state index contributed by atoms with van der Waals surface area (Å²) < 4.78 is 52.6. The van der Waals surface area contributed by atoms with E-state index in [4.69, 9.17) is 9.56 Å². The van der Waals surface area contributed by atoms with Gasteiger partial charge in [0.2, 0.25) is 5.09 Å². The molecule has 1 aromatic carbocycles. The molecule has 2 aromatic rings. The predicted molar refractivity (Wildman–Crippen MR) is 63.8 cm³/mol. The first-order valence-electron chi connectivity index (χ1n) is 5.17. The van der Waals surface area contributed by atoms with Crippen molar-refractivity contribution < 1.29 is 21.6 Å². The molecule has 0 bridgehead atoms. The van der Waals surface area contributed by atoms with Crippen molar-refractivity contribution in [3.05, 3.63) is 47.7 Å². The number of sulfonamides is 1. The zero-order valence-corrected chi connectivity index (χ0v) is 10.4. The highest BCUT2D eigenvalue weighted by Gasteiger charge is 2.13. The van der Waals surface area contributed by atoms with Crippen molar-refractivity contribution in [3.63, 3.8) is 0 Å². The topological polar surface area (TPSA) is 85.3 Å². The Labute approximate surface area is 108 Å². The van der Waals surface area contributed by atoms with Crippen LogP contribution in [0.3, 0.4) is 0 Å². The highest BCUT2D eigenvalue weighted by atomic mass is 32.2. The van der Waals surface area contributed by atoms with Crippen molar-refractivity contribution in [1.29, 1.82) is 0 Å². The fourth-order valence-electron chi connectivity index (χ4n) is 1.40. The smallest absolute Gasteiger partial charge is 0.271 e. The summed E-state index contributed by atoms with van der Waals surface area (Å²) in [4.78, 5) is 0. The predicted octanol–water partition coefficient (Wildman–Crippen LogP) is 1.82. The molecular weight excluding hydrogens is 278 g/mol. The Morgan fingerprint density at radius 2 is 1.89 bits per heavy atom. The number of hydrogen-bond donors (Lipinski definition) is 2. The first-order valence-corrected chi connectivity index (χ1v) is 6.71. The van der Waals surface area contributed by atoms with E-state index in [0.717, 1.165) is 12.1 Å². The molecule has 0 unspecified atom stereocenters. The Kier molecular flexibility index (Phi) is 3.54. The summed E-state index contributed by atoms with van der Waals surface area (Å²) in [5.41, 5.74) is 0.340. The van der Waals surface area contributed by atoms with Crippen LogP contribution in [0.15, 0.2) is 39.8 Å². The highest BCUT2D eigenvalue weighted by Crippen LogP contribution is 2.16. The first-order chi connectivity index (χ1) is 8.86. The van der Waals surface area contributed by atoms with Crippen LogP contribution in [0, 0.1) is 11.6 Å². The molecule has 0 atom stereocenters. The number of halogens is 2. The van der Waals surface area contributed by atoms with Gasteiger partial charge in [0.05, 0.1) is 6.54 Å². The molecule has 0 amide bonds. The Morgan fingerprint density at radius 1 is 1.16 bits per heavy atom. The first kappa shape index (κ1) is 13.5. The molecule has 0 fully saturated rings. The number of benzene rings is 1. The van der Waals surface area contributed by atoms with Crippen molar-refractivity contribution in [1.82, 2.24) is 0 Å². The van der Waals surface area contributed by atoms with Crippen LogP contribution in [-0.2, 0) is 16.6 Å². The van der Waals surface area contributed by atoms with Gasteiger partial charge < -0.3 is 9.73 Å². The summed E-state index contributed by atoms with van der Waals surface area (Å²) in [6, 6.07) is 5.96. The van der Waals surface area contributed by atoms with E-state index in [0.29, 0.717) is 11.4 Å². The van der Waals surface area contributed by atoms with Crippen LogP contribution in [0.2, 0.25) is 0 Å². The zero-order chi connectivity index (χ0) is 14.0. The quantitative estimate of drug-likeness (QED) is 0.898. The van der Waals surface area contributed by atoms with Gasteiger partial charge >= 0.3 is 0 Å². The summed E-state index contributed by atoms with van der Waals surface area (Å²) in [7, 11) is -3.88. The maximum Gasteiger partial charge on any atom is 0.271 e. The average Bonchev–Trinajstić information content (AvgIpc) is 2.79. The molecule has 19 heavy (non-hydrogen) atoms. The van der Waals surface area contributed by atoms with Crippen LogP contribution in [0.1, 0.15) is 5.76 Å². The normalized spacial score (nSPS) is 11.5. The minimum absolute atomic E-state index is 0.112. The van der Waals surface area contributed by atoms with Crippen molar-refractivity contribution in [2.24, 2.45) is 5.14 Å². The van der Waals surface area contributed by atoms with Crippen molar-refractivity contribution in [3.8, 4) is 0 Å². The number of anilines is 1. The summed E-state index contributed by atoms with van der Waals surface area (Å²) in [6.07, 6.45) is 0. The molecule has 0 aliphatic heterocycles. The Morgan fingerprint density at radius 3 is 2.47 bits per heavy atom. The molecule has 0 radical (unpaired) electrons. The monoisotopic (exact) mass is 288 g/mol. The zero-order valence-electron chi connectivity index (χ0n) is 9.56. The van der Waals surface area contributed by atoms with Crippen molar-refractivity contribution in [2.75, 3.05) is 5.32 Å². The molecular formula is C11H10F2N2O3S. The molecule has 1 heterocycles. The summed E-state index contributed by atoms with van der Waals surface area (Å²) >= 11 is 0. The summed E-state index contributed by atoms with van der Waals surface area (Å²) in [5.74, 6) is -1.62. The van der Waals surface area contributed by atoms with Gasteiger partial charge in [0.15, 0.2) is 11.6 Å². The lowest BCUT2D eigenvalue weighted by Gasteiger charge is -2.04. The van der Waals surface area contributed by atoms with Crippen LogP contribution in [0.4, 0.5) is 14.5 Å². The van der Waals surface area contributed by atoms with E-state index in [1.54, 1.807) is 0 Å². The minimum atomic E-state index is -3.88. The number of rotatable bonds is 4. The van der Waals surface area contributed by atoms with E-state index in [-0.39, 0.29) is 11.6 Å². The highest BCUT2D eigenvalue weighted by molar-refractivity contribution is 7.89. The average molecular weight is 288 g/mol. The van der Waals surface area contributed by atoms with Crippen LogP contribution in [0.5, 0.6) is 0 Å². The van der Waals surface area contributed by atoms with E-state index in [1.165, 1.54) is 18.2 Å². The Bertz CT molecular complexity index is 698. The van der Waals surface area contributed by atoms with Crippen molar-refractivity contribution >= 4 is 15.7 Å². The number of primary sulfonamides is 1. The SMILES string of the molecule is NS(=O)(=O)c1ccc(CNc2ccc(F)c(F)c2)o1. The number of nitrogens with one attached hydrogen (secondary N) is 1. The van der Waals surface area contributed by atoms with Gasteiger partial charge in [-0.15, -0.1) is 0 Å². The number of hydrogen-bond acceptors (Lipinski definition) is 4. The third-order valence-corrected chi connectivity index (χ3v) is 3.08. The minimum Gasteiger partial charge on any atom is -0.446 e. The molecule has 0 spiro atoms. The molecule has 0 aliphatic rings. The van der Waals surface area contributed by atoms with Crippen LogP contribution >= 0.6 is 0 Å². The van der Waals surface area contributed by atoms with Gasteiger partial charge in [-0.2, -0.15) is 0 Å². The van der Waals surface area contributed by atoms with Gasteiger partial charge in [-0.3, -0.25) is 0 Å². The number of nitrogens with two attached hydrogens (primary N) is 1. The lowest BCUT2D eigenvalue weighted by atomic mass is 10.3. The van der Waals surface area contributed by atoms with E-state index in [9.17, 15) is 17.2 Å². The number of furan rings is 1. The van der Waals surface area contributed by atoms with Gasteiger partial charge in [-0.05, 0) is 24.3 Å². The van der Waals surface area contributed by atoms with Gasteiger partial charge in [-0.25, -0.2) is 22.3 Å². The molecule has 0 aliphatic carbocycles. The van der Waals surface area contributed by atoms with E-state index >= 15 is 0 Å². The van der Waals surface area contributed by atoms with Crippen molar-refractivity contribution in [2.45, 2.75) is 11.6 Å². The van der Waals surface area contributed by atoms with E-state index < -0.39 is 21.7 Å². The molecule has 102 valence electrons. The van der Waals surface area contributed by atoms with Gasteiger partial charge in [0, 0.05) is 11.8 Å². The molecule has 2 rings (SSSR count). The van der Waals surface area contributed by atoms with Gasteiger partial charge in [0.1, 0.15) is 5.76 Å². The maximum absolute atomic E-state index is 12.9. The second-order valence-corrected chi connectivity index (χ2v) is 5.24.